The first-order valence-electron chi connectivity index (χ1n) is 11.4. The molecule has 0 saturated heterocycles. The van der Waals surface area contributed by atoms with Crippen molar-refractivity contribution in [1.82, 2.24) is 14.9 Å². The fraction of sp³-hybridized carbons (Fsp3) is 0.250. The van der Waals surface area contributed by atoms with Gasteiger partial charge < -0.3 is 9.88 Å². The van der Waals surface area contributed by atoms with E-state index in [1.165, 1.54) is 0 Å². The second-order valence-electron chi connectivity index (χ2n) is 8.04. The van der Waals surface area contributed by atoms with Crippen LogP contribution in [0.5, 0.6) is 0 Å². The number of benzene rings is 2. The number of carbonyl (C=O) groups is 1. The van der Waals surface area contributed by atoms with Gasteiger partial charge in [-0.25, -0.2) is 4.98 Å². The number of amides is 1. The maximum Gasteiger partial charge on any atom is 0.251 e. The van der Waals surface area contributed by atoms with Gasteiger partial charge in [-0.2, -0.15) is 0 Å². The second kappa shape index (κ2) is 11.6. The van der Waals surface area contributed by atoms with E-state index in [9.17, 15) is 4.79 Å². The quantitative estimate of drug-likeness (QED) is 0.398. The molecule has 2 aromatic carbocycles. The number of nitrogens with zero attached hydrogens (tertiary/aromatic N) is 3. The molecule has 0 fully saturated rings. The molecule has 0 spiro atoms. The number of aromatic nitrogens is 2. The summed E-state index contributed by atoms with van der Waals surface area (Å²) in [5, 5.41) is 3.04. The highest BCUT2D eigenvalue weighted by molar-refractivity contribution is 5.94. The van der Waals surface area contributed by atoms with Crippen molar-refractivity contribution in [3.63, 3.8) is 0 Å². The SMILES string of the molecule is O=C(NCCCCn1ccnc1)c1ccc(CCC2C=CC=N2)c(C#Cc2ccccc2)c1. The number of unbranched alkanes of at least 4 members (excludes halogenated alkanes) is 1. The highest BCUT2D eigenvalue weighted by Gasteiger charge is 2.11. The summed E-state index contributed by atoms with van der Waals surface area (Å²) in [4.78, 5) is 21.2. The van der Waals surface area contributed by atoms with E-state index in [1.54, 1.807) is 6.20 Å². The predicted octanol–water partition coefficient (Wildman–Crippen LogP) is 4.43. The average molecular weight is 437 g/mol. The number of aryl methyl sites for hydroxylation is 2. The Hall–Kier alpha value is -3.91. The maximum atomic E-state index is 12.7. The zero-order valence-electron chi connectivity index (χ0n) is 18.7. The number of allylic oxidation sites excluding steroid dienone is 1. The van der Waals surface area contributed by atoms with Gasteiger partial charge in [-0.3, -0.25) is 9.79 Å². The summed E-state index contributed by atoms with van der Waals surface area (Å²) in [6.07, 6.45) is 15.2. The number of imidazole rings is 1. The van der Waals surface area contributed by atoms with Crippen LogP contribution in [-0.2, 0) is 13.0 Å². The molecule has 0 radical (unpaired) electrons. The minimum atomic E-state index is -0.0599. The lowest BCUT2D eigenvalue weighted by molar-refractivity contribution is 0.0953. The Morgan fingerprint density at radius 2 is 2.00 bits per heavy atom. The topological polar surface area (TPSA) is 59.3 Å². The number of carbonyl (C=O) groups excluding carboxylic acids is 1. The molecule has 166 valence electrons. The number of nitrogens with one attached hydrogen (secondary N) is 1. The smallest absolute Gasteiger partial charge is 0.251 e. The Labute approximate surface area is 195 Å². The zero-order chi connectivity index (χ0) is 22.7. The molecule has 1 N–H and O–H groups in total. The van der Waals surface area contributed by atoms with Gasteiger partial charge in [0.2, 0.25) is 0 Å². The van der Waals surface area contributed by atoms with Crippen molar-refractivity contribution in [3.05, 3.63) is 102 Å². The molecular weight excluding hydrogens is 408 g/mol. The van der Waals surface area contributed by atoms with Crippen molar-refractivity contribution in [2.45, 2.75) is 38.3 Å². The molecule has 5 heteroatoms. The lowest BCUT2D eigenvalue weighted by Gasteiger charge is -2.10. The number of hydrogen-bond donors (Lipinski definition) is 1. The third-order valence-electron chi connectivity index (χ3n) is 5.58. The Balaban J connectivity index is 1.40. The van der Waals surface area contributed by atoms with Crippen molar-refractivity contribution >= 4 is 12.1 Å². The zero-order valence-corrected chi connectivity index (χ0v) is 18.7. The Morgan fingerprint density at radius 3 is 2.79 bits per heavy atom. The molecule has 3 aromatic rings. The van der Waals surface area contributed by atoms with E-state index in [2.05, 4.69) is 33.2 Å². The first kappa shape index (κ1) is 22.3. The Morgan fingerprint density at radius 1 is 1.09 bits per heavy atom. The van der Waals surface area contributed by atoms with Crippen molar-refractivity contribution in [2.24, 2.45) is 4.99 Å². The van der Waals surface area contributed by atoms with E-state index in [0.717, 1.165) is 48.9 Å². The van der Waals surface area contributed by atoms with Crippen LogP contribution in [0.3, 0.4) is 0 Å². The van der Waals surface area contributed by atoms with Gasteiger partial charge in [0.25, 0.3) is 5.91 Å². The summed E-state index contributed by atoms with van der Waals surface area (Å²) in [5.41, 5.74) is 3.65. The second-order valence-corrected chi connectivity index (χ2v) is 8.04. The summed E-state index contributed by atoms with van der Waals surface area (Å²) in [6.45, 7) is 1.55. The molecule has 2 heterocycles. The van der Waals surface area contributed by atoms with Crippen LogP contribution < -0.4 is 5.32 Å². The van der Waals surface area contributed by atoms with Gasteiger partial charge in [0.05, 0.1) is 12.4 Å². The van der Waals surface area contributed by atoms with Crippen LogP contribution in [0.25, 0.3) is 0 Å². The van der Waals surface area contributed by atoms with Crippen molar-refractivity contribution in [2.75, 3.05) is 6.54 Å². The van der Waals surface area contributed by atoms with Gasteiger partial charge in [0.15, 0.2) is 0 Å². The lowest BCUT2D eigenvalue weighted by Crippen LogP contribution is -2.24. The summed E-state index contributed by atoms with van der Waals surface area (Å²) in [7, 11) is 0. The fourth-order valence-electron chi connectivity index (χ4n) is 3.72. The van der Waals surface area contributed by atoms with Crippen LogP contribution in [0.1, 0.15) is 46.3 Å². The van der Waals surface area contributed by atoms with Crippen LogP contribution in [0, 0.1) is 11.8 Å². The van der Waals surface area contributed by atoms with Gasteiger partial charge in [0.1, 0.15) is 0 Å². The highest BCUT2D eigenvalue weighted by atomic mass is 16.1. The molecule has 0 aliphatic carbocycles. The van der Waals surface area contributed by atoms with Crippen LogP contribution >= 0.6 is 0 Å². The third kappa shape index (κ3) is 6.78. The molecule has 1 atom stereocenters. The minimum absolute atomic E-state index is 0.0599. The molecule has 0 saturated carbocycles. The van der Waals surface area contributed by atoms with Crippen molar-refractivity contribution in [1.29, 1.82) is 0 Å². The van der Waals surface area contributed by atoms with E-state index in [0.29, 0.717) is 12.1 Å². The van der Waals surface area contributed by atoms with Crippen molar-refractivity contribution in [3.8, 4) is 11.8 Å². The normalized spacial score (nSPS) is 14.1. The molecular formula is C28H28N4O. The summed E-state index contributed by atoms with van der Waals surface area (Å²) in [5.74, 6) is 6.47. The molecule has 1 unspecified atom stereocenters. The molecule has 4 rings (SSSR count). The first-order chi connectivity index (χ1) is 16.3. The van der Waals surface area contributed by atoms with Crippen LogP contribution in [-0.4, -0.2) is 34.3 Å². The molecule has 33 heavy (non-hydrogen) atoms. The van der Waals surface area contributed by atoms with E-state index in [-0.39, 0.29) is 11.9 Å². The van der Waals surface area contributed by atoms with Gasteiger partial charge in [-0.15, -0.1) is 0 Å². The predicted molar refractivity (Wildman–Crippen MR) is 132 cm³/mol. The van der Waals surface area contributed by atoms with E-state index in [4.69, 9.17) is 0 Å². The van der Waals surface area contributed by atoms with Crippen molar-refractivity contribution < 1.29 is 4.79 Å². The molecule has 1 aliphatic rings. The largest absolute Gasteiger partial charge is 0.352 e. The summed E-state index contributed by atoms with van der Waals surface area (Å²) >= 11 is 0. The Kier molecular flexibility index (Phi) is 7.86. The fourth-order valence-corrected chi connectivity index (χ4v) is 3.72. The van der Waals surface area contributed by atoms with Gasteiger partial charge in [0, 0.05) is 48.4 Å². The molecule has 5 nitrogen and oxygen atoms in total. The maximum absolute atomic E-state index is 12.7. The van der Waals surface area contributed by atoms with Crippen LogP contribution in [0.2, 0.25) is 0 Å². The van der Waals surface area contributed by atoms with Crippen LogP contribution in [0.4, 0.5) is 0 Å². The average Bonchev–Trinajstić information content (AvgIpc) is 3.56. The third-order valence-corrected chi connectivity index (χ3v) is 5.58. The molecule has 1 amide bonds. The van der Waals surface area contributed by atoms with E-state index in [1.807, 2.05) is 77.9 Å². The number of aliphatic imine (C=N–C) groups is 1. The van der Waals surface area contributed by atoms with Gasteiger partial charge >= 0.3 is 0 Å². The van der Waals surface area contributed by atoms with Gasteiger partial charge in [-0.1, -0.05) is 42.2 Å². The van der Waals surface area contributed by atoms with E-state index >= 15 is 0 Å². The Bertz CT molecular complexity index is 1160. The molecule has 1 aliphatic heterocycles. The first-order valence-corrected chi connectivity index (χ1v) is 11.4. The van der Waals surface area contributed by atoms with E-state index < -0.39 is 0 Å². The summed E-state index contributed by atoms with van der Waals surface area (Å²) in [6, 6.07) is 16.0. The standard InChI is InChI=1S/C28H28N4O/c33-28(31-16-4-5-19-32-20-18-29-22-32)26-13-12-24(14-15-27-9-6-17-30-27)25(21-26)11-10-23-7-2-1-3-8-23/h1-3,6-9,12-13,17-18,20-22,27H,4-5,14-16,19H2,(H,31,33). The molecule has 0 bridgehead atoms. The number of rotatable bonds is 9. The van der Waals surface area contributed by atoms with Gasteiger partial charge in [-0.05, 0) is 61.6 Å². The number of hydrogen-bond acceptors (Lipinski definition) is 3. The minimum Gasteiger partial charge on any atom is -0.352 e. The molecule has 1 aromatic heterocycles. The monoisotopic (exact) mass is 436 g/mol. The highest BCUT2D eigenvalue weighted by Crippen LogP contribution is 2.17. The lowest BCUT2D eigenvalue weighted by atomic mass is 9.97. The van der Waals surface area contributed by atoms with Crippen LogP contribution in [0.15, 0.2) is 84.4 Å². The summed E-state index contributed by atoms with van der Waals surface area (Å²) < 4.78 is 2.05.